The number of halogens is 3. The third-order valence-corrected chi connectivity index (χ3v) is 2.85. The second-order valence-electron chi connectivity index (χ2n) is 4.35. The van der Waals surface area contributed by atoms with Crippen LogP contribution in [-0.2, 0) is 25.2 Å². The molecular weight excluding hydrogens is 315 g/mol. The van der Waals surface area contributed by atoms with Crippen molar-refractivity contribution < 1.29 is 32.2 Å². The minimum absolute atomic E-state index is 0.0445. The van der Waals surface area contributed by atoms with Crippen LogP contribution in [0.1, 0.15) is 36.5 Å². The molecule has 0 N–H and O–H groups in total. The largest absolute Gasteiger partial charge is 0.465 e. The van der Waals surface area contributed by atoms with E-state index >= 15 is 0 Å². The summed E-state index contributed by atoms with van der Waals surface area (Å²) >= 11 is 0. The number of carbonyl (C=O) groups excluding carboxylic acids is 2. The van der Waals surface area contributed by atoms with Crippen LogP contribution in [0.5, 0.6) is 0 Å². The highest BCUT2D eigenvalue weighted by molar-refractivity contribution is 6.00. The highest BCUT2D eigenvalue weighted by Gasteiger charge is 2.37. The predicted molar refractivity (Wildman–Crippen MR) is 72.2 cm³/mol. The molecule has 0 aliphatic carbocycles. The zero-order valence-corrected chi connectivity index (χ0v) is 12.4. The highest BCUT2D eigenvalue weighted by atomic mass is 19.4. The minimum Gasteiger partial charge on any atom is -0.465 e. The Labute approximate surface area is 130 Å². The maximum atomic E-state index is 13.0. The third-order valence-electron chi connectivity index (χ3n) is 2.85. The molecule has 0 bridgehead atoms. The maximum absolute atomic E-state index is 13.0. The van der Waals surface area contributed by atoms with Gasteiger partial charge in [0, 0.05) is 0 Å². The first-order valence-corrected chi connectivity index (χ1v) is 6.70. The molecule has 0 aliphatic heterocycles. The number of hydrogen-bond acceptors (Lipinski definition) is 5. The number of nitrogens with zero attached hydrogens (tertiary/aromatic N) is 1. The molecule has 0 saturated heterocycles. The van der Waals surface area contributed by atoms with E-state index in [0.717, 1.165) is 12.1 Å². The van der Waals surface area contributed by atoms with Crippen LogP contribution in [0.2, 0.25) is 0 Å². The lowest BCUT2D eigenvalue weighted by atomic mass is 9.94. The van der Waals surface area contributed by atoms with E-state index in [1.807, 2.05) is 0 Å². The van der Waals surface area contributed by atoms with Gasteiger partial charge in [0.25, 0.3) is 0 Å². The summed E-state index contributed by atoms with van der Waals surface area (Å²) in [4.78, 5) is 23.8. The van der Waals surface area contributed by atoms with Crippen molar-refractivity contribution in [3.63, 3.8) is 0 Å². The Morgan fingerprint density at radius 1 is 1.17 bits per heavy atom. The molecule has 5 nitrogen and oxygen atoms in total. The molecule has 0 atom stereocenters. The van der Waals surface area contributed by atoms with Gasteiger partial charge in [-0.2, -0.15) is 18.4 Å². The smallest absolute Gasteiger partial charge is 0.417 e. The van der Waals surface area contributed by atoms with Gasteiger partial charge >= 0.3 is 18.1 Å². The fraction of sp³-hybridized carbons (Fsp3) is 0.400. The fourth-order valence-corrected chi connectivity index (χ4v) is 1.89. The molecule has 0 heterocycles. The van der Waals surface area contributed by atoms with Gasteiger partial charge in [0.05, 0.1) is 30.4 Å². The van der Waals surface area contributed by atoms with Crippen LogP contribution in [-0.4, -0.2) is 25.2 Å². The van der Waals surface area contributed by atoms with Gasteiger partial charge in [0.15, 0.2) is 5.92 Å². The van der Waals surface area contributed by atoms with Crippen LogP contribution in [0, 0.1) is 11.3 Å². The lowest BCUT2D eigenvalue weighted by Gasteiger charge is -2.17. The molecule has 124 valence electrons. The molecule has 0 radical (unpaired) electrons. The van der Waals surface area contributed by atoms with E-state index < -0.39 is 35.2 Å². The van der Waals surface area contributed by atoms with Crippen molar-refractivity contribution in [2.45, 2.75) is 25.9 Å². The molecular formula is C15H14F3NO4. The van der Waals surface area contributed by atoms with Gasteiger partial charge in [-0.05, 0) is 31.5 Å². The Morgan fingerprint density at radius 3 is 2.09 bits per heavy atom. The summed E-state index contributed by atoms with van der Waals surface area (Å²) in [6, 6.07) is 4.03. The average Bonchev–Trinajstić information content (AvgIpc) is 2.47. The van der Waals surface area contributed by atoms with E-state index in [4.69, 9.17) is 14.7 Å². The van der Waals surface area contributed by atoms with E-state index in [-0.39, 0.29) is 18.8 Å². The number of ether oxygens (including phenoxy) is 2. The van der Waals surface area contributed by atoms with E-state index in [0.29, 0.717) is 6.07 Å². The van der Waals surface area contributed by atoms with Gasteiger partial charge in [-0.1, -0.05) is 6.07 Å². The Kier molecular flexibility index (Phi) is 6.13. The molecule has 0 aromatic heterocycles. The summed E-state index contributed by atoms with van der Waals surface area (Å²) < 4.78 is 48.4. The molecule has 0 spiro atoms. The summed E-state index contributed by atoms with van der Waals surface area (Å²) in [7, 11) is 0. The van der Waals surface area contributed by atoms with Gasteiger partial charge < -0.3 is 9.47 Å². The Bertz CT molecular complexity index is 617. The first-order chi connectivity index (χ1) is 10.8. The SMILES string of the molecule is CCOC(=O)C(C(=O)OCC)c1ccc(C#N)c(C(F)(F)F)c1. The van der Waals surface area contributed by atoms with Crippen LogP contribution >= 0.6 is 0 Å². The van der Waals surface area contributed by atoms with Gasteiger partial charge in [-0.25, -0.2) is 0 Å². The van der Waals surface area contributed by atoms with Gasteiger partial charge in [0.2, 0.25) is 0 Å². The highest BCUT2D eigenvalue weighted by Crippen LogP contribution is 2.34. The van der Waals surface area contributed by atoms with Crippen LogP contribution in [0.15, 0.2) is 18.2 Å². The number of hydrogen-bond donors (Lipinski definition) is 0. The van der Waals surface area contributed by atoms with Crippen molar-refractivity contribution in [3.8, 4) is 6.07 Å². The Balaban J connectivity index is 3.40. The number of nitriles is 1. The van der Waals surface area contributed by atoms with Crippen molar-refractivity contribution in [3.05, 3.63) is 34.9 Å². The standard InChI is InChI=1S/C15H14F3NO4/c1-3-22-13(20)12(14(21)23-4-2)9-5-6-10(8-19)11(7-9)15(16,17)18/h5-7,12H,3-4H2,1-2H3. The lowest BCUT2D eigenvalue weighted by Crippen LogP contribution is -2.26. The molecule has 0 saturated carbocycles. The molecule has 0 amide bonds. The van der Waals surface area contributed by atoms with Gasteiger partial charge in [-0.15, -0.1) is 0 Å². The quantitative estimate of drug-likeness (QED) is 0.613. The molecule has 1 aromatic carbocycles. The van der Waals surface area contributed by atoms with E-state index in [1.54, 1.807) is 0 Å². The van der Waals surface area contributed by atoms with Crippen molar-refractivity contribution in [1.29, 1.82) is 5.26 Å². The normalized spacial score (nSPS) is 11.0. The molecule has 1 rings (SSSR count). The minimum atomic E-state index is -4.80. The molecule has 23 heavy (non-hydrogen) atoms. The van der Waals surface area contributed by atoms with Gasteiger partial charge in [-0.3, -0.25) is 9.59 Å². The lowest BCUT2D eigenvalue weighted by molar-refractivity contribution is -0.157. The van der Waals surface area contributed by atoms with E-state index in [2.05, 4.69) is 0 Å². The number of rotatable bonds is 5. The third kappa shape index (κ3) is 4.45. The van der Waals surface area contributed by atoms with Crippen LogP contribution in [0.3, 0.4) is 0 Å². The van der Waals surface area contributed by atoms with Crippen LogP contribution < -0.4 is 0 Å². The zero-order chi connectivity index (χ0) is 17.6. The Morgan fingerprint density at radius 2 is 1.70 bits per heavy atom. The summed E-state index contributed by atoms with van der Waals surface area (Å²) in [5.74, 6) is -3.66. The molecule has 1 aromatic rings. The predicted octanol–water partition coefficient (Wildman–Crippen LogP) is 2.79. The summed E-state index contributed by atoms with van der Waals surface area (Å²) in [5.41, 5.74) is -2.07. The number of benzene rings is 1. The van der Waals surface area contributed by atoms with Gasteiger partial charge in [0.1, 0.15) is 0 Å². The molecule has 0 aliphatic rings. The molecule has 0 fully saturated rings. The number of esters is 2. The van der Waals surface area contributed by atoms with Crippen LogP contribution in [0.25, 0.3) is 0 Å². The molecule has 0 unspecified atom stereocenters. The second kappa shape index (κ2) is 7.63. The van der Waals surface area contributed by atoms with E-state index in [1.165, 1.54) is 19.9 Å². The van der Waals surface area contributed by atoms with Crippen LogP contribution in [0.4, 0.5) is 13.2 Å². The van der Waals surface area contributed by atoms with Crippen molar-refractivity contribution in [1.82, 2.24) is 0 Å². The van der Waals surface area contributed by atoms with Crippen molar-refractivity contribution in [2.75, 3.05) is 13.2 Å². The first kappa shape index (κ1) is 18.5. The van der Waals surface area contributed by atoms with Crippen molar-refractivity contribution >= 4 is 11.9 Å². The summed E-state index contributed by atoms with van der Waals surface area (Å²) in [6.07, 6.45) is -4.80. The van der Waals surface area contributed by atoms with E-state index in [9.17, 15) is 22.8 Å². The maximum Gasteiger partial charge on any atom is 0.417 e. The summed E-state index contributed by atoms with van der Waals surface area (Å²) in [6.45, 7) is 2.91. The number of carbonyl (C=O) groups is 2. The first-order valence-electron chi connectivity index (χ1n) is 6.70. The average molecular weight is 329 g/mol. The van der Waals surface area contributed by atoms with Crippen molar-refractivity contribution in [2.24, 2.45) is 0 Å². The molecule has 8 heteroatoms. The second-order valence-corrected chi connectivity index (χ2v) is 4.35. The summed E-state index contributed by atoms with van der Waals surface area (Å²) in [5, 5.41) is 8.76. The zero-order valence-electron chi connectivity index (χ0n) is 12.4. The fourth-order valence-electron chi connectivity index (χ4n) is 1.89. The monoisotopic (exact) mass is 329 g/mol. The topological polar surface area (TPSA) is 76.4 Å². The Hall–Kier alpha value is -2.56. The number of alkyl halides is 3.